The second-order valence-electron chi connectivity index (χ2n) is 4.17. The molecule has 0 atom stereocenters. The number of rotatable bonds is 7. The lowest BCUT2D eigenvalue weighted by molar-refractivity contribution is -0.139. The van der Waals surface area contributed by atoms with Crippen molar-refractivity contribution in [2.75, 3.05) is 6.61 Å². The molecule has 1 aromatic rings. The van der Waals surface area contributed by atoms with E-state index in [1.165, 1.54) is 6.08 Å². The highest BCUT2D eigenvalue weighted by atomic mass is 16.5. The monoisotopic (exact) mass is 274 g/mol. The summed E-state index contributed by atoms with van der Waals surface area (Å²) in [6.45, 7) is 2.28. The zero-order valence-corrected chi connectivity index (χ0v) is 11.4. The molecule has 0 aliphatic rings. The normalized spacial score (nSPS) is 11.6. The molecule has 4 nitrogen and oxygen atoms in total. The minimum absolute atomic E-state index is 0.0254. The van der Waals surface area contributed by atoms with Gasteiger partial charge < -0.3 is 9.84 Å². The zero-order valence-electron chi connectivity index (χ0n) is 11.4. The Morgan fingerprint density at radius 1 is 1.25 bits per heavy atom. The van der Waals surface area contributed by atoms with Crippen LogP contribution in [0.5, 0.6) is 0 Å². The summed E-state index contributed by atoms with van der Waals surface area (Å²) in [5, 5.41) is 8.78. The molecule has 0 unspecified atom stereocenters. The van der Waals surface area contributed by atoms with Gasteiger partial charge in [-0.2, -0.15) is 0 Å². The lowest BCUT2D eigenvalue weighted by Crippen LogP contribution is -2.09. The van der Waals surface area contributed by atoms with Gasteiger partial charge in [0.1, 0.15) is 0 Å². The second kappa shape index (κ2) is 8.69. The highest BCUT2D eigenvalue weighted by Crippen LogP contribution is 2.07. The number of hydrogen-bond donors (Lipinski definition) is 1. The molecule has 0 saturated carbocycles. The molecule has 0 radical (unpaired) electrons. The van der Waals surface area contributed by atoms with E-state index in [0.717, 1.165) is 24.5 Å². The van der Waals surface area contributed by atoms with Crippen molar-refractivity contribution in [3.63, 3.8) is 0 Å². The average molecular weight is 274 g/mol. The Morgan fingerprint density at radius 2 is 1.95 bits per heavy atom. The Bertz CT molecular complexity index is 500. The Morgan fingerprint density at radius 3 is 2.55 bits per heavy atom. The molecule has 0 aliphatic heterocycles. The summed E-state index contributed by atoms with van der Waals surface area (Å²) < 4.78 is 5.01. The van der Waals surface area contributed by atoms with Crippen LogP contribution >= 0.6 is 0 Å². The highest BCUT2D eigenvalue weighted by molar-refractivity contribution is 5.99. The van der Waals surface area contributed by atoms with E-state index in [1.807, 2.05) is 37.3 Å². The van der Waals surface area contributed by atoms with Crippen molar-refractivity contribution >= 4 is 18.0 Å². The molecule has 20 heavy (non-hydrogen) atoms. The molecule has 106 valence electrons. The van der Waals surface area contributed by atoms with Crippen LogP contribution in [0.25, 0.3) is 6.08 Å². The van der Waals surface area contributed by atoms with E-state index >= 15 is 0 Å². The molecule has 0 bridgehead atoms. The number of esters is 1. The van der Waals surface area contributed by atoms with Crippen LogP contribution in [0.1, 0.15) is 25.3 Å². The fourth-order valence-corrected chi connectivity index (χ4v) is 1.45. The van der Waals surface area contributed by atoms with Crippen molar-refractivity contribution in [1.82, 2.24) is 0 Å². The summed E-state index contributed by atoms with van der Waals surface area (Å²) in [6.07, 6.45) is 5.65. The molecule has 0 saturated heterocycles. The molecule has 0 aliphatic carbocycles. The first-order chi connectivity index (χ1) is 9.63. The van der Waals surface area contributed by atoms with Gasteiger partial charge in [0.15, 0.2) is 0 Å². The van der Waals surface area contributed by atoms with E-state index in [-0.39, 0.29) is 5.57 Å². The number of carboxylic acid groups (broad SMARTS) is 1. The average Bonchev–Trinajstić information content (AvgIpc) is 2.44. The Balaban J connectivity index is 2.77. The van der Waals surface area contributed by atoms with Gasteiger partial charge in [0.25, 0.3) is 0 Å². The molecule has 4 heteroatoms. The first-order valence-electron chi connectivity index (χ1n) is 6.48. The number of carbonyl (C=O) groups excluding carboxylic acids is 1. The summed E-state index contributed by atoms with van der Waals surface area (Å²) in [7, 11) is 0. The van der Waals surface area contributed by atoms with Gasteiger partial charge in [0.05, 0.1) is 12.2 Å². The van der Waals surface area contributed by atoms with Gasteiger partial charge in [0.2, 0.25) is 0 Å². The molecule has 0 spiro atoms. The number of carboxylic acids is 1. The molecule has 1 aromatic carbocycles. The van der Waals surface area contributed by atoms with Crippen molar-refractivity contribution in [1.29, 1.82) is 0 Å². The van der Waals surface area contributed by atoms with Crippen LogP contribution in [-0.4, -0.2) is 23.7 Å². The molecule has 0 heterocycles. The van der Waals surface area contributed by atoms with Crippen LogP contribution in [0, 0.1) is 0 Å². The van der Waals surface area contributed by atoms with E-state index in [4.69, 9.17) is 9.84 Å². The fraction of sp³-hybridized carbons (Fsp3) is 0.250. The van der Waals surface area contributed by atoms with Crippen molar-refractivity contribution in [3.8, 4) is 0 Å². The Labute approximate surface area is 118 Å². The van der Waals surface area contributed by atoms with Gasteiger partial charge in [-0.25, -0.2) is 9.59 Å². The van der Waals surface area contributed by atoms with Crippen LogP contribution < -0.4 is 0 Å². The predicted molar refractivity (Wildman–Crippen MR) is 77.1 cm³/mol. The third-order valence-corrected chi connectivity index (χ3v) is 2.50. The third-order valence-electron chi connectivity index (χ3n) is 2.50. The first-order valence-corrected chi connectivity index (χ1v) is 6.48. The Kier molecular flexibility index (Phi) is 6.82. The minimum Gasteiger partial charge on any atom is -0.478 e. The van der Waals surface area contributed by atoms with E-state index in [0.29, 0.717) is 6.61 Å². The first kappa shape index (κ1) is 15.7. The maximum Gasteiger partial charge on any atom is 0.338 e. The maximum absolute atomic E-state index is 11.8. The van der Waals surface area contributed by atoms with Gasteiger partial charge >= 0.3 is 11.9 Å². The standard InChI is InChI=1S/C16H18O4/c1-2-3-11-20-16(19)14(12-15(17)18)10-9-13-7-5-4-6-8-13/h4-10,12H,2-3,11H2,1H3,(H,17,18)/b10-9?,14-12-. The van der Waals surface area contributed by atoms with Gasteiger partial charge in [-0.05, 0) is 18.1 Å². The zero-order chi connectivity index (χ0) is 14.8. The molecule has 1 rings (SSSR count). The van der Waals surface area contributed by atoms with Crippen molar-refractivity contribution in [3.05, 3.63) is 53.6 Å². The molecule has 0 aromatic heterocycles. The third kappa shape index (κ3) is 6.00. The van der Waals surface area contributed by atoms with Gasteiger partial charge in [-0.15, -0.1) is 0 Å². The van der Waals surface area contributed by atoms with Crippen LogP contribution in [0.15, 0.2) is 48.1 Å². The van der Waals surface area contributed by atoms with Crippen LogP contribution in [0.2, 0.25) is 0 Å². The highest BCUT2D eigenvalue weighted by Gasteiger charge is 2.09. The summed E-state index contributed by atoms with van der Waals surface area (Å²) in [5.41, 5.74) is 0.905. The quantitative estimate of drug-likeness (QED) is 0.359. The number of ether oxygens (including phenoxy) is 1. The van der Waals surface area contributed by atoms with E-state index < -0.39 is 11.9 Å². The van der Waals surface area contributed by atoms with Crippen LogP contribution in [0.4, 0.5) is 0 Å². The number of hydrogen-bond acceptors (Lipinski definition) is 3. The smallest absolute Gasteiger partial charge is 0.338 e. The molecule has 0 amide bonds. The lowest BCUT2D eigenvalue weighted by atomic mass is 10.1. The van der Waals surface area contributed by atoms with Gasteiger partial charge in [0, 0.05) is 6.08 Å². The lowest BCUT2D eigenvalue weighted by Gasteiger charge is -2.04. The topological polar surface area (TPSA) is 63.6 Å². The SMILES string of the molecule is CCCCOC(=O)/C(C=Cc1ccccc1)=C\C(=O)O. The largest absolute Gasteiger partial charge is 0.478 e. The minimum atomic E-state index is -1.18. The van der Waals surface area contributed by atoms with Crippen molar-refractivity contribution in [2.24, 2.45) is 0 Å². The summed E-state index contributed by atoms with van der Waals surface area (Å²) in [5.74, 6) is -1.79. The molecular weight excluding hydrogens is 256 g/mol. The number of benzene rings is 1. The maximum atomic E-state index is 11.8. The number of carbonyl (C=O) groups is 2. The van der Waals surface area contributed by atoms with E-state index in [2.05, 4.69) is 0 Å². The van der Waals surface area contributed by atoms with Crippen molar-refractivity contribution < 1.29 is 19.4 Å². The predicted octanol–water partition coefficient (Wildman–Crippen LogP) is 3.05. The molecule has 1 N–H and O–H groups in total. The van der Waals surface area contributed by atoms with Crippen LogP contribution in [0.3, 0.4) is 0 Å². The summed E-state index contributed by atoms with van der Waals surface area (Å²) in [4.78, 5) is 22.5. The van der Waals surface area contributed by atoms with Gasteiger partial charge in [-0.1, -0.05) is 49.8 Å². The van der Waals surface area contributed by atoms with Crippen molar-refractivity contribution in [2.45, 2.75) is 19.8 Å². The fourth-order valence-electron chi connectivity index (χ4n) is 1.45. The van der Waals surface area contributed by atoms with Gasteiger partial charge in [-0.3, -0.25) is 0 Å². The second-order valence-corrected chi connectivity index (χ2v) is 4.17. The summed E-state index contributed by atoms with van der Waals surface area (Å²) >= 11 is 0. The van der Waals surface area contributed by atoms with Crippen LogP contribution in [-0.2, 0) is 14.3 Å². The number of unbranched alkanes of at least 4 members (excludes halogenated alkanes) is 1. The number of aliphatic carboxylic acids is 1. The molecule has 0 fully saturated rings. The molecular formula is C16H18O4. The van der Waals surface area contributed by atoms with E-state index in [9.17, 15) is 9.59 Å². The summed E-state index contributed by atoms with van der Waals surface area (Å²) in [6, 6.07) is 9.32. The Hall–Kier alpha value is -2.36. The van der Waals surface area contributed by atoms with E-state index in [1.54, 1.807) is 6.08 Å².